The van der Waals surface area contributed by atoms with Gasteiger partial charge in [-0.3, -0.25) is 4.79 Å². The van der Waals surface area contributed by atoms with E-state index >= 15 is 0 Å². The highest BCUT2D eigenvalue weighted by Gasteiger charge is 2.30. The number of furan rings is 1. The van der Waals surface area contributed by atoms with Crippen LogP contribution in [0.3, 0.4) is 0 Å². The number of hydrogen-bond donors (Lipinski definition) is 0. The lowest BCUT2D eigenvalue weighted by Gasteiger charge is -2.38. The van der Waals surface area contributed by atoms with Crippen molar-refractivity contribution >= 4 is 23.2 Å². The van der Waals surface area contributed by atoms with Crippen molar-refractivity contribution in [2.75, 3.05) is 24.5 Å². The second-order valence-corrected chi connectivity index (χ2v) is 7.91. The monoisotopic (exact) mass is 408 g/mol. The Balaban J connectivity index is 1.43. The van der Waals surface area contributed by atoms with Crippen molar-refractivity contribution in [2.45, 2.75) is 25.3 Å². The largest absolute Gasteiger partial charge is 0.472 e. The smallest absolute Gasteiger partial charge is 0.261 e. The lowest BCUT2D eigenvalue weighted by molar-refractivity contribution is 0.0959. The van der Waals surface area contributed by atoms with Gasteiger partial charge in [-0.25, -0.2) is 0 Å². The van der Waals surface area contributed by atoms with Crippen molar-refractivity contribution in [3.05, 3.63) is 89.3 Å². The van der Waals surface area contributed by atoms with Crippen LogP contribution in [0, 0.1) is 0 Å². The molecule has 1 aromatic heterocycles. The van der Waals surface area contributed by atoms with E-state index < -0.39 is 0 Å². The highest BCUT2D eigenvalue weighted by Crippen LogP contribution is 2.27. The third-order valence-corrected chi connectivity index (χ3v) is 5.83. The number of rotatable bonds is 6. The Bertz CT molecular complexity index is 902. The number of carbonyl (C=O) groups excluding carboxylic acids is 1. The second-order valence-electron chi connectivity index (χ2n) is 7.47. The maximum atomic E-state index is 13.2. The van der Waals surface area contributed by atoms with Crippen LogP contribution in [-0.2, 0) is 6.42 Å². The molecule has 1 saturated heterocycles. The van der Waals surface area contributed by atoms with Crippen LogP contribution in [0.2, 0.25) is 5.02 Å². The van der Waals surface area contributed by atoms with Gasteiger partial charge < -0.3 is 14.2 Å². The van der Waals surface area contributed by atoms with Gasteiger partial charge in [-0.1, -0.05) is 41.9 Å². The maximum absolute atomic E-state index is 13.2. The number of likely N-dealkylation sites (tertiary alicyclic amines) is 1. The molecule has 3 aromatic rings. The molecular formula is C24H25ClN2O2. The van der Waals surface area contributed by atoms with Gasteiger partial charge in [0.1, 0.15) is 6.26 Å². The summed E-state index contributed by atoms with van der Waals surface area (Å²) in [6, 6.07) is 20.0. The first-order chi connectivity index (χ1) is 14.2. The number of carbonyl (C=O) groups is 1. The Hall–Kier alpha value is -2.56. The molecule has 4 rings (SSSR count). The fourth-order valence-electron chi connectivity index (χ4n) is 3.95. The van der Waals surface area contributed by atoms with Crippen LogP contribution in [0.15, 0.2) is 77.6 Å². The maximum Gasteiger partial charge on any atom is 0.261 e. The minimum atomic E-state index is -0.0243. The molecule has 1 amide bonds. The van der Waals surface area contributed by atoms with E-state index in [4.69, 9.17) is 16.0 Å². The van der Waals surface area contributed by atoms with Crippen LogP contribution < -0.4 is 4.90 Å². The first-order valence-electron chi connectivity index (χ1n) is 10.1. The molecule has 0 bridgehead atoms. The van der Waals surface area contributed by atoms with Crippen LogP contribution in [0.4, 0.5) is 5.69 Å². The Morgan fingerprint density at radius 3 is 2.41 bits per heavy atom. The summed E-state index contributed by atoms with van der Waals surface area (Å²) >= 11 is 6.06. The van der Waals surface area contributed by atoms with Crippen LogP contribution in [0.25, 0.3) is 0 Å². The average Bonchev–Trinajstić information content (AvgIpc) is 3.30. The summed E-state index contributed by atoms with van der Waals surface area (Å²) in [5.74, 6) is -0.0243. The van der Waals surface area contributed by atoms with Gasteiger partial charge in [0, 0.05) is 36.4 Å². The van der Waals surface area contributed by atoms with Crippen molar-refractivity contribution in [1.29, 1.82) is 0 Å². The summed E-state index contributed by atoms with van der Waals surface area (Å²) < 4.78 is 5.14. The summed E-state index contributed by atoms with van der Waals surface area (Å²) in [4.78, 5) is 17.6. The molecule has 0 spiro atoms. The summed E-state index contributed by atoms with van der Waals surface area (Å²) in [5, 5.41) is 0.667. The fraction of sp³-hybridized carbons (Fsp3) is 0.292. The van der Waals surface area contributed by atoms with E-state index in [9.17, 15) is 4.79 Å². The summed E-state index contributed by atoms with van der Waals surface area (Å²) in [6.07, 6.45) is 6.00. The first kappa shape index (κ1) is 19.7. The van der Waals surface area contributed by atoms with Crippen molar-refractivity contribution in [3.63, 3.8) is 0 Å². The second kappa shape index (κ2) is 9.29. The molecule has 2 heterocycles. The molecular weight excluding hydrogens is 384 g/mol. The zero-order valence-corrected chi connectivity index (χ0v) is 17.1. The third kappa shape index (κ3) is 4.89. The third-order valence-electron chi connectivity index (χ3n) is 5.57. The van der Waals surface area contributed by atoms with Gasteiger partial charge in [0.15, 0.2) is 0 Å². The van der Waals surface area contributed by atoms with E-state index in [1.807, 2.05) is 29.2 Å². The topological polar surface area (TPSA) is 36.7 Å². The summed E-state index contributed by atoms with van der Waals surface area (Å²) in [7, 11) is 0. The quantitative estimate of drug-likeness (QED) is 0.556. The number of nitrogens with zero attached hydrogens (tertiary/aromatic N) is 2. The van der Waals surface area contributed by atoms with Crippen LogP contribution in [0.1, 0.15) is 28.8 Å². The van der Waals surface area contributed by atoms with E-state index in [1.54, 1.807) is 12.3 Å². The van der Waals surface area contributed by atoms with Crippen molar-refractivity contribution in [1.82, 2.24) is 4.90 Å². The number of halogens is 1. The molecule has 29 heavy (non-hydrogen) atoms. The normalized spacial score (nSPS) is 15.3. The van der Waals surface area contributed by atoms with Crippen molar-refractivity contribution < 1.29 is 9.21 Å². The molecule has 0 radical (unpaired) electrons. The number of piperidine rings is 1. The van der Waals surface area contributed by atoms with Gasteiger partial charge >= 0.3 is 0 Å². The van der Waals surface area contributed by atoms with Gasteiger partial charge in [0.2, 0.25) is 0 Å². The van der Waals surface area contributed by atoms with E-state index in [1.165, 1.54) is 11.8 Å². The fourth-order valence-corrected chi connectivity index (χ4v) is 4.08. The van der Waals surface area contributed by atoms with Gasteiger partial charge in [-0.15, -0.1) is 0 Å². The molecule has 0 aliphatic carbocycles. The number of amides is 1. The van der Waals surface area contributed by atoms with Crippen LogP contribution in [-0.4, -0.2) is 36.5 Å². The molecule has 1 aliphatic rings. The predicted octanol–water partition coefficient (Wildman–Crippen LogP) is 5.29. The number of anilines is 1. The Morgan fingerprint density at radius 2 is 1.76 bits per heavy atom. The Morgan fingerprint density at radius 1 is 1.03 bits per heavy atom. The van der Waals surface area contributed by atoms with Gasteiger partial charge in [0.05, 0.1) is 11.8 Å². The van der Waals surface area contributed by atoms with Crippen LogP contribution in [0.5, 0.6) is 0 Å². The molecule has 2 aromatic carbocycles. The van der Waals surface area contributed by atoms with Gasteiger partial charge in [-0.2, -0.15) is 0 Å². The molecule has 1 fully saturated rings. The molecule has 0 saturated carbocycles. The standard InChI is InChI=1S/C24H25ClN2O2/c25-21-6-8-22(9-7-21)27(24(28)20-13-17-29-18-20)23-11-15-26(16-12-23)14-10-19-4-2-1-3-5-19/h1-9,13,17-18,23H,10-12,14-16H2. The Kier molecular flexibility index (Phi) is 6.33. The lowest BCUT2D eigenvalue weighted by Crippen LogP contribution is -2.48. The Labute approximate surface area is 176 Å². The highest BCUT2D eigenvalue weighted by atomic mass is 35.5. The van der Waals surface area contributed by atoms with Gasteiger partial charge in [-0.05, 0) is 55.2 Å². The van der Waals surface area contributed by atoms with E-state index in [0.29, 0.717) is 10.6 Å². The molecule has 0 unspecified atom stereocenters. The zero-order valence-electron chi connectivity index (χ0n) is 16.3. The highest BCUT2D eigenvalue weighted by molar-refractivity contribution is 6.30. The lowest BCUT2D eigenvalue weighted by atomic mass is 10.0. The minimum Gasteiger partial charge on any atom is -0.472 e. The zero-order chi connectivity index (χ0) is 20.1. The predicted molar refractivity (Wildman–Crippen MR) is 117 cm³/mol. The molecule has 150 valence electrons. The molecule has 4 nitrogen and oxygen atoms in total. The SMILES string of the molecule is O=C(c1ccoc1)N(c1ccc(Cl)cc1)C1CCN(CCc2ccccc2)CC1. The molecule has 5 heteroatoms. The van der Waals surface area contributed by atoms with E-state index in [0.717, 1.165) is 44.6 Å². The summed E-state index contributed by atoms with van der Waals surface area (Å²) in [6.45, 7) is 3.02. The number of hydrogen-bond acceptors (Lipinski definition) is 3. The van der Waals surface area contributed by atoms with Crippen LogP contribution >= 0.6 is 11.6 Å². The van der Waals surface area contributed by atoms with E-state index in [-0.39, 0.29) is 11.9 Å². The van der Waals surface area contributed by atoms with Crippen molar-refractivity contribution in [2.24, 2.45) is 0 Å². The average molecular weight is 409 g/mol. The van der Waals surface area contributed by atoms with Crippen molar-refractivity contribution in [3.8, 4) is 0 Å². The molecule has 0 atom stereocenters. The number of benzene rings is 2. The first-order valence-corrected chi connectivity index (χ1v) is 10.5. The molecule has 1 aliphatic heterocycles. The minimum absolute atomic E-state index is 0.0243. The molecule has 0 N–H and O–H groups in total. The van der Waals surface area contributed by atoms with Gasteiger partial charge in [0.25, 0.3) is 5.91 Å². The summed E-state index contributed by atoms with van der Waals surface area (Å²) in [5.41, 5.74) is 2.82. The van der Waals surface area contributed by atoms with E-state index in [2.05, 4.69) is 35.2 Å².